The van der Waals surface area contributed by atoms with Crippen LogP contribution in [0, 0.1) is 0 Å². The molecule has 5 nitrogen and oxygen atoms in total. The first-order chi connectivity index (χ1) is 12.7. The van der Waals surface area contributed by atoms with E-state index in [-0.39, 0.29) is 18.0 Å². The summed E-state index contributed by atoms with van der Waals surface area (Å²) in [7, 11) is 0. The Kier molecular flexibility index (Phi) is 4.27. The van der Waals surface area contributed by atoms with Crippen LogP contribution in [0.3, 0.4) is 0 Å². The Morgan fingerprint density at radius 2 is 1.65 bits per heavy atom. The Bertz CT molecular complexity index is 950. The van der Waals surface area contributed by atoms with Gasteiger partial charge in [0.1, 0.15) is 0 Å². The highest BCUT2D eigenvalue weighted by atomic mass is 16.2. The second kappa shape index (κ2) is 6.88. The van der Waals surface area contributed by atoms with Crippen molar-refractivity contribution in [2.24, 2.45) is 0 Å². The lowest BCUT2D eigenvalue weighted by Gasteiger charge is -2.17. The number of rotatable bonds is 3. The van der Waals surface area contributed by atoms with E-state index < -0.39 is 0 Å². The number of hydrogen-bond acceptors (Lipinski definition) is 2. The van der Waals surface area contributed by atoms with E-state index in [1.54, 1.807) is 4.90 Å². The van der Waals surface area contributed by atoms with Crippen molar-refractivity contribution < 1.29 is 9.59 Å². The van der Waals surface area contributed by atoms with Crippen molar-refractivity contribution in [1.29, 1.82) is 0 Å². The standard InChI is InChI=1S/C21H19N3O2/c25-20-13-16(14-24(20)17-9-2-1-3-10-17)22-21(26)23-19-12-6-8-15-7-4-5-11-18(15)19/h1-12,16H,13-14H2,(H2,22,23,26). The molecule has 0 radical (unpaired) electrons. The second-order valence-corrected chi connectivity index (χ2v) is 6.37. The molecule has 0 bridgehead atoms. The van der Waals surface area contributed by atoms with Crippen LogP contribution in [0.1, 0.15) is 6.42 Å². The molecule has 3 amide bonds. The highest BCUT2D eigenvalue weighted by Gasteiger charge is 2.31. The van der Waals surface area contributed by atoms with Crippen LogP contribution in [-0.2, 0) is 4.79 Å². The van der Waals surface area contributed by atoms with E-state index in [9.17, 15) is 9.59 Å². The zero-order valence-corrected chi connectivity index (χ0v) is 14.2. The van der Waals surface area contributed by atoms with Gasteiger partial charge in [0.25, 0.3) is 0 Å². The number of para-hydroxylation sites is 1. The molecule has 3 aromatic carbocycles. The quantitative estimate of drug-likeness (QED) is 0.759. The first kappa shape index (κ1) is 16.1. The summed E-state index contributed by atoms with van der Waals surface area (Å²) in [6, 6.07) is 22.7. The van der Waals surface area contributed by atoms with Gasteiger partial charge in [-0.2, -0.15) is 0 Å². The zero-order chi connectivity index (χ0) is 17.9. The normalized spacial score (nSPS) is 16.7. The average Bonchev–Trinajstić information content (AvgIpc) is 3.03. The Balaban J connectivity index is 1.43. The number of carbonyl (C=O) groups excluding carboxylic acids is 2. The van der Waals surface area contributed by atoms with Gasteiger partial charge >= 0.3 is 6.03 Å². The minimum absolute atomic E-state index is 0.0201. The average molecular weight is 345 g/mol. The lowest BCUT2D eigenvalue weighted by atomic mass is 10.1. The van der Waals surface area contributed by atoms with Gasteiger partial charge in [0.15, 0.2) is 0 Å². The van der Waals surface area contributed by atoms with Crippen LogP contribution >= 0.6 is 0 Å². The second-order valence-electron chi connectivity index (χ2n) is 6.37. The fourth-order valence-electron chi connectivity index (χ4n) is 3.34. The van der Waals surface area contributed by atoms with Crippen molar-refractivity contribution in [3.8, 4) is 0 Å². The number of nitrogens with one attached hydrogen (secondary N) is 2. The largest absolute Gasteiger partial charge is 0.333 e. The molecule has 130 valence electrons. The van der Waals surface area contributed by atoms with Crippen LogP contribution in [0.4, 0.5) is 16.2 Å². The summed E-state index contributed by atoms with van der Waals surface area (Å²) in [5.41, 5.74) is 1.61. The van der Waals surface area contributed by atoms with Gasteiger partial charge in [-0.3, -0.25) is 4.79 Å². The highest BCUT2D eigenvalue weighted by Crippen LogP contribution is 2.24. The first-order valence-electron chi connectivity index (χ1n) is 8.61. The molecule has 1 heterocycles. The van der Waals surface area contributed by atoms with E-state index in [2.05, 4.69) is 10.6 Å². The maximum atomic E-state index is 12.4. The van der Waals surface area contributed by atoms with Gasteiger partial charge in [-0.05, 0) is 23.6 Å². The molecule has 0 spiro atoms. The lowest BCUT2D eigenvalue weighted by molar-refractivity contribution is -0.117. The highest BCUT2D eigenvalue weighted by molar-refractivity contribution is 6.02. The number of hydrogen-bond donors (Lipinski definition) is 2. The fourth-order valence-corrected chi connectivity index (χ4v) is 3.34. The molecule has 26 heavy (non-hydrogen) atoms. The van der Waals surface area contributed by atoms with E-state index in [0.29, 0.717) is 13.0 Å². The third-order valence-electron chi connectivity index (χ3n) is 4.57. The van der Waals surface area contributed by atoms with Gasteiger partial charge < -0.3 is 15.5 Å². The molecule has 5 heteroatoms. The van der Waals surface area contributed by atoms with Crippen LogP contribution in [-0.4, -0.2) is 24.5 Å². The smallest absolute Gasteiger partial charge is 0.319 e. The van der Waals surface area contributed by atoms with Crippen LogP contribution < -0.4 is 15.5 Å². The number of urea groups is 1. The zero-order valence-electron chi connectivity index (χ0n) is 14.2. The lowest BCUT2D eigenvalue weighted by Crippen LogP contribution is -2.39. The monoisotopic (exact) mass is 345 g/mol. The number of nitrogens with zero attached hydrogens (tertiary/aromatic N) is 1. The molecule has 1 unspecified atom stereocenters. The Morgan fingerprint density at radius 1 is 0.923 bits per heavy atom. The van der Waals surface area contributed by atoms with Crippen LogP contribution in [0.15, 0.2) is 72.8 Å². The van der Waals surface area contributed by atoms with Crippen molar-refractivity contribution >= 4 is 34.1 Å². The molecular weight excluding hydrogens is 326 g/mol. The van der Waals surface area contributed by atoms with Crippen molar-refractivity contribution in [2.45, 2.75) is 12.5 Å². The molecule has 0 saturated carbocycles. The topological polar surface area (TPSA) is 61.4 Å². The molecule has 1 aliphatic rings. The van der Waals surface area contributed by atoms with E-state index in [0.717, 1.165) is 22.1 Å². The maximum absolute atomic E-state index is 12.4. The molecule has 1 aliphatic heterocycles. The first-order valence-corrected chi connectivity index (χ1v) is 8.61. The summed E-state index contributed by atoms with van der Waals surface area (Å²) in [4.78, 5) is 26.4. The van der Waals surface area contributed by atoms with Gasteiger partial charge in [0, 0.05) is 24.0 Å². The minimum atomic E-state index is -0.297. The van der Waals surface area contributed by atoms with Crippen molar-refractivity contribution in [3.05, 3.63) is 72.8 Å². The van der Waals surface area contributed by atoms with E-state index in [1.165, 1.54) is 0 Å². The van der Waals surface area contributed by atoms with Gasteiger partial charge in [-0.25, -0.2) is 4.79 Å². The predicted molar refractivity (Wildman–Crippen MR) is 103 cm³/mol. The number of carbonyl (C=O) groups is 2. The van der Waals surface area contributed by atoms with Crippen LogP contribution in [0.25, 0.3) is 10.8 Å². The predicted octanol–water partition coefficient (Wildman–Crippen LogP) is 3.77. The Hall–Kier alpha value is -3.34. The number of anilines is 2. The molecular formula is C21H19N3O2. The van der Waals surface area contributed by atoms with E-state index in [4.69, 9.17) is 0 Å². The summed E-state index contributed by atoms with van der Waals surface area (Å²) in [6.07, 6.45) is 0.303. The summed E-state index contributed by atoms with van der Waals surface area (Å²) < 4.78 is 0. The van der Waals surface area contributed by atoms with Crippen molar-refractivity contribution in [1.82, 2.24) is 5.32 Å². The van der Waals surface area contributed by atoms with Gasteiger partial charge in [-0.15, -0.1) is 0 Å². The SMILES string of the molecule is O=C(Nc1cccc2ccccc12)NC1CC(=O)N(c2ccccc2)C1. The number of fused-ring (bicyclic) bond motifs is 1. The molecule has 2 N–H and O–H groups in total. The van der Waals surface area contributed by atoms with Gasteiger partial charge in [0.2, 0.25) is 5.91 Å². The minimum Gasteiger partial charge on any atom is -0.333 e. The molecule has 1 saturated heterocycles. The van der Waals surface area contributed by atoms with E-state index >= 15 is 0 Å². The molecule has 0 aromatic heterocycles. The summed E-state index contributed by atoms with van der Waals surface area (Å²) in [5.74, 6) is 0.0201. The molecule has 3 aromatic rings. The van der Waals surface area contributed by atoms with Crippen molar-refractivity contribution in [2.75, 3.05) is 16.8 Å². The third-order valence-corrected chi connectivity index (χ3v) is 4.57. The van der Waals surface area contributed by atoms with Gasteiger partial charge in [-0.1, -0.05) is 54.6 Å². The summed E-state index contributed by atoms with van der Waals surface area (Å²) in [6.45, 7) is 0.478. The summed E-state index contributed by atoms with van der Waals surface area (Å²) in [5, 5.41) is 7.86. The van der Waals surface area contributed by atoms with E-state index in [1.807, 2.05) is 72.8 Å². The van der Waals surface area contributed by atoms with Gasteiger partial charge in [0.05, 0.1) is 11.7 Å². The maximum Gasteiger partial charge on any atom is 0.319 e. The molecule has 4 rings (SSSR count). The Labute approximate surface area is 151 Å². The number of amides is 3. The van der Waals surface area contributed by atoms with Crippen LogP contribution in [0.2, 0.25) is 0 Å². The molecule has 0 aliphatic carbocycles. The molecule has 1 fully saturated rings. The summed E-state index contributed by atoms with van der Waals surface area (Å²) >= 11 is 0. The van der Waals surface area contributed by atoms with Crippen LogP contribution in [0.5, 0.6) is 0 Å². The Morgan fingerprint density at radius 3 is 2.50 bits per heavy atom. The molecule has 1 atom stereocenters. The van der Waals surface area contributed by atoms with Crippen molar-refractivity contribution in [3.63, 3.8) is 0 Å². The fraction of sp³-hybridized carbons (Fsp3) is 0.143. The third kappa shape index (κ3) is 3.24. The number of benzene rings is 3.